The Bertz CT molecular complexity index is 1010. The van der Waals surface area contributed by atoms with Gasteiger partial charge in [-0.3, -0.25) is 4.90 Å². The van der Waals surface area contributed by atoms with Crippen LogP contribution in [0.15, 0.2) is 45.6 Å². The fourth-order valence-electron chi connectivity index (χ4n) is 3.16. The molecule has 0 N–H and O–H groups in total. The molecule has 5 heteroatoms. The molecule has 0 atom stereocenters. The molecule has 0 bridgehead atoms. The summed E-state index contributed by atoms with van der Waals surface area (Å²) in [6.45, 7) is 5.25. The predicted octanol–water partition coefficient (Wildman–Crippen LogP) is 4.70. The molecule has 0 fully saturated rings. The highest BCUT2D eigenvalue weighted by atomic mass is 35.5. The number of nitrogens with zero attached hydrogens (tertiary/aromatic N) is 1. The lowest BCUT2D eigenvalue weighted by atomic mass is 10.0. The van der Waals surface area contributed by atoms with Gasteiger partial charge in [0.15, 0.2) is 0 Å². The molecule has 3 rings (SSSR count). The molecule has 3 aromatic rings. The maximum atomic E-state index is 12.0. The van der Waals surface area contributed by atoms with Gasteiger partial charge in [-0.05, 0) is 55.8 Å². The van der Waals surface area contributed by atoms with Gasteiger partial charge in [0, 0.05) is 35.1 Å². The lowest BCUT2D eigenvalue weighted by Crippen LogP contribution is -2.19. The van der Waals surface area contributed by atoms with Crippen LogP contribution in [0.5, 0.6) is 5.75 Å². The van der Waals surface area contributed by atoms with E-state index in [9.17, 15) is 4.79 Å². The van der Waals surface area contributed by atoms with Crippen LogP contribution >= 0.6 is 11.6 Å². The highest BCUT2D eigenvalue weighted by molar-refractivity contribution is 6.30. The number of ether oxygens (including phenoxy) is 1. The third-order valence-corrected chi connectivity index (χ3v) is 4.88. The van der Waals surface area contributed by atoms with E-state index in [0.717, 1.165) is 33.4 Å². The first-order valence-corrected chi connectivity index (χ1v) is 8.80. The molecular weight excluding hydrogens is 350 g/mol. The quantitative estimate of drug-likeness (QED) is 0.609. The average molecular weight is 372 g/mol. The summed E-state index contributed by atoms with van der Waals surface area (Å²) in [5.74, 6) is 0.796. The van der Waals surface area contributed by atoms with Crippen LogP contribution in [0, 0.1) is 13.8 Å². The van der Waals surface area contributed by atoms with Crippen molar-refractivity contribution < 1.29 is 9.15 Å². The van der Waals surface area contributed by atoms with Crippen molar-refractivity contribution in [2.45, 2.75) is 26.9 Å². The Morgan fingerprint density at radius 3 is 2.54 bits per heavy atom. The second-order valence-corrected chi connectivity index (χ2v) is 7.04. The van der Waals surface area contributed by atoms with E-state index in [1.165, 1.54) is 0 Å². The molecule has 0 unspecified atom stereocenters. The summed E-state index contributed by atoms with van der Waals surface area (Å²) in [6, 6.07) is 11.2. The van der Waals surface area contributed by atoms with Gasteiger partial charge in [0.2, 0.25) is 0 Å². The van der Waals surface area contributed by atoms with Gasteiger partial charge in [-0.2, -0.15) is 0 Å². The van der Waals surface area contributed by atoms with E-state index in [0.29, 0.717) is 23.7 Å². The first-order chi connectivity index (χ1) is 12.4. The van der Waals surface area contributed by atoms with E-state index in [1.807, 2.05) is 45.2 Å². The number of halogens is 1. The van der Waals surface area contributed by atoms with Crippen LogP contribution in [0.2, 0.25) is 5.02 Å². The van der Waals surface area contributed by atoms with Crippen molar-refractivity contribution in [3.05, 3.63) is 74.1 Å². The number of aryl methyl sites for hydroxylation is 2. The number of benzene rings is 2. The molecule has 0 aliphatic carbocycles. The third kappa shape index (κ3) is 3.76. The molecule has 0 aliphatic rings. The van der Waals surface area contributed by atoms with Crippen molar-refractivity contribution >= 4 is 22.6 Å². The Morgan fingerprint density at radius 2 is 1.81 bits per heavy atom. The van der Waals surface area contributed by atoms with Crippen molar-refractivity contribution in [3.63, 3.8) is 0 Å². The lowest BCUT2D eigenvalue weighted by molar-refractivity contribution is 0.310. The minimum absolute atomic E-state index is 0.324. The van der Waals surface area contributed by atoms with E-state index < -0.39 is 0 Å². The zero-order chi connectivity index (χ0) is 18.8. The Morgan fingerprint density at radius 1 is 1.08 bits per heavy atom. The molecule has 1 aromatic heterocycles. The smallest absolute Gasteiger partial charge is 0.336 e. The molecule has 0 saturated heterocycles. The first-order valence-electron chi connectivity index (χ1n) is 8.43. The zero-order valence-corrected chi connectivity index (χ0v) is 16.2. The highest BCUT2D eigenvalue weighted by Gasteiger charge is 2.13. The van der Waals surface area contributed by atoms with Crippen LogP contribution in [0.1, 0.15) is 22.3 Å². The summed E-state index contributed by atoms with van der Waals surface area (Å²) < 4.78 is 10.9. The van der Waals surface area contributed by atoms with Crippen molar-refractivity contribution in [1.82, 2.24) is 4.90 Å². The van der Waals surface area contributed by atoms with Gasteiger partial charge < -0.3 is 9.15 Å². The topological polar surface area (TPSA) is 42.7 Å². The number of rotatable bonds is 5. The molecule has 26 heavy (non-hydrogen) atoms. The van der Waals surface area contributed by atoms with E-state index in [4.69, 9.17) is 20.8 Å². The summed E-state index contributed by atoms with van der Waals surface area (Å²) in [7, 11) is 3.65. The standard InChI is InChI=1S/C21H22ClNO3/c1-13-5-7-18-15(10-20(24)26-21(18)14(13)2)11-23(3)12-16-9-17(22)6-8-19(16)25-4/h5-10H,11-12H2,1-4H3. The van der Waals surface area contributed by atoms with E-state index in [2.05, 4.69) is 11.0 Å². The molecule has 0 amide bonds. The number of fused-ring (bicyclic) bond motifs is 1. The maximum Gasteiger partial charge on any atom is 0.336 e. The zero-order valence-electron chi connectivity index (χ0n) is 15.4. The molecule has 4 nitrogen and oxygen atoms in total. The Balaban J connectivity index is 1.93. The lowest BCUT2D eigenvalue weighted by Gasteiger charge is -2.19. The van der Waals surface area contributed by atoms with Crippen LogP contribution in [-0.4, -0.2) is 19.1 Å². The Hall–Kier alpha value is -2.30. The summed E-state index contributed by atoms with van der Waals surface area (Å²) in [4.78, 5) is 14.2. The van der Waals surface area contributed by atoms with Crippen molar-refractivity contribution in [2.24, 2.45) is 0 Å². The monoisotopic (exact) mass is 371 g/mol. The van der Waals surface area contributed by atoms with Gasteiger partial charge in [0.25, 0.3) is 0 Å². The minimum Gasteiger partial charge on any atom is -0.496 e. The second kappa shape index (κ2) is 7.52. The molecule has 0 spiro atoms. The summed E-state index contributed by atoms with van der Waals surface area (Å²) in [5.41, 5.74) is 4.40. The van der Waals surface area contributed by atoms with E-state index in [-0.39, 0.29) is 5.63 Å². The fraction of sp³-hybridized carbons (Fsp3) is 0.286. The van der Waals surface area contributed by atoms with Gasteiger partial charge in [-0.1, -0.05) is 23.7 Å². The molecule has 0 aliphatic heterocycles. The largest absolute Gasteiger partial charge is 0.496 e. The average Bonchev–Trinajstić information content (AvgIpc) is 2.58. The van der Waals surface area contributed by atoms with Gasteiger partial charge in [0.1, 0.15) is 11.3 Å². The van der Waals surface area contributed by atoms with Gasteiger partial charge in [-0.15, -0.1) is 0 Å². The van der Waals surface area contributed by atoms with Crippen molar-refractivity contribution in [3.8, 4) is 5.75 Å². The van der Waals surface area contributed by atoms with Crippen LogP contribution < -0.4 is 10.4 Å². The molecule has 0 saturated carbocycles. The number of hydrogen-bond donors (Lipinski definition) is 0. The molecular formula is C21H22ClNO3. The predicted molar refractivity (Wildman–Crippen MR) is 105 cm³/mol. The Labute approximate surface area is 158 Å². The first kappa shape index (κ1) is 18.5. The molecule has 0 radical (unpaired) electrons. The Kier molecular flexibility index (Phi) is 5.35. The fourth-order valence-corrected chi connectivity index (χ4v) is 3.36. The van der Waals surface area contributed by atoms with Crippen LogP contribution in [0.25, 0.3) is 11.0 Å². The summed E-state index contributed by atoms with van der Waals surface area (Å²) in [5, 5.41) is 1.64. The maximum absolute atomic E-state index is 12.0. The van der Waals surface area contributed by atoms with Crippen LogP contribution in [0.3, 0.4) is 0 Å². The normalized spacial score (nSPS) is 11.3. The van der Waals surface area contributed by atoms with Gasteiger partial charge in [-0.25, -0.2) is 4.79 Å². The third-order valence-electron chi connectivity index (χ3n) is 4.64. The SMILES string of the molecule is COc1ccc(Cl)cc1CN(C)Cc1cc(=O)oc2c(C)c(C)ccc12. The minimum atomic E-state index is -0.324. The summed E-state index contributed by atoms with van der Waals surface area (Å²) in [6.07, 6.45) is 0. The van der Waals surface area contributed by atoms with E-state index in [1.54, 1.807) is 13.2 Å². The molecule has 1 heterocycles. The van der Waals surface area contributed by atoms with Crippen LogP contribution in [0.4, 0.5) is 0 Å². The second-order valence-electron chi connectivity index (χ2n) is 6.60. The van der Waals surface area contributed by atoms with Gasteiger partial charge >= 0.3 is 5.63 Å². The van der Waals surface area contributed by atoms with Gasteiger partial charge in [0.05, 0.1) is 7.11 Å². The summed E-state index contributed by atoms with van der Waals surface area (Å²) >= 11 is 6.12. The number of hydrogen-bond acceptors (Lipinski definition) is 4. The van der Waals surface area contributed by atoms with E-state index >= 15 is 0 Å². The number of methoxy groups -OCH3 is 1. The van der Waals surface area contributed by atoms with Crippen molar-refractivity contribution in [1.29, 1.82) is 0 Å². The van der Waals surface area contributed by atoms with Crippen LogP contribution in [-0.2, 0) is 13.1 Å². The van der Waals surface area contributed by atoms with Crippen molar-refractivity contribution in [2.75, 3.05) is 14.2 Å². The molecule has 136 valence electrons. The highest BCUT2D eigenvalue weighted by Crippen LogP contribution is 2.26. The molecule has 2 aromatic carbocycles.